The third-order valence-electron chi connectivity index (χ3n) is 5.40. The van der Waals surface area contributed by atoms with E-state index in [1.54, 1.807) is 0 Å². The Morgan fingerprint density at radius 1 is 1.00 bits per heavy atom. The van der Waals surface area contributed by atoms with Gasteiger partial charge in [-0.05, 0) is 54.1 Å². The Balaban J connectivity index is 2.39. The third-order valence-corrected chi connectivity index (χ3v) is 5.40. The van der Waals surface area contributed by atoms with Gasteiger partial charge in [0.05, 0.1) is 6.04 Å². The number of likely N-dealkylation sites (N-methyl/N-ethyl adjacent to an activating group) is 1. The van der Waals surface area contributed by atoms with Crippen LogP contribution in [-0.2, 0) is 19.4 Å². The van der Waals surface area contributed by atoms with Crippen LogP contribution in [0.15, 0.2) is 61.2 Å². The van der Waals surface area contributed by atoms with Crippen molar-refractivity contribution >= 4 is 6.08 Å². The first-order valence-corrected chi connectivity index (χ1v) is 10.3. The Hall–Kier alpha value is -2.12. The highest BCUT2D eigenvalue weighted by Crippen LogP contribution is 2.32. The van der Waals surface area contributed by atoms with Crippen LogP contribution >= 0.6 is 0 Å². The summed E-state index contributed by atoms with van der Waals surface area (Å²) in [7, 11) is 2.21. The minimum absolute atomic E-state index is 0.235. The van der Waals surface area contributed by atoms with E-state index in [1.165, 1.54) is 33.4 Å². The van der Waals surface area contributed by atoms with Crippen molar-refractivity contribution in [2.45, 2.75) is 59.0 Å². The van der Waals surface area contributed by atoms with Crippen molar-refractivity contribution in [1.82, 2.24) is 4.90 Å². The molecule has 2 aromatic carbocycles. The van der Waals surface area contributed by atoms with Crippen molar-refractivity contribution in [1.29, 1.82) is 0 Å². The Bertz CT molecular complexity index is 772. The molecule has 1 nitrogen and oxygen atoms in total. The molecule has 0 heterocycles. The van der Waals surface area contributed by atoms with Crippen LogP contribution < -0.4 is 0 Å². The van der Waals surface area contributed by atoms with Crippen molar-refractivity contribution < 1.29 is 0 Å². The molecule has 27 heavy (non-hydrogen) atoms. The average Bonchev–Trinajstić information content (AvgIpc) is 2.68. The van der Waals surface area contributed by atoms with Gasteiger partial charge in [0.25, 0.3) is 0 Å². The maximum absolute atomic E-state index is 4.46. The molecular weight excluding hydrogens is 326 g/mol. The second-order valence-electron chi connectivity index (χ2n) is 7.36. The Morgan fingerprint density at radius 2 is 1.70 bits per heavy atom. The van der Waals surface area contributed by atoms with Crippen molar-refractivity contribution in [3.63, 3.8) is 0 Å². The van der Waals surface area contributed by atoms with Gasteiger partial charge in [0.1, 0.15) is 0 Å². The van der Waals surface area contributed by atoms with Gasteiger partial charge in [-0.25, -0.2) is 0 Å². The molecule has 0 N–H and O–H groups in total. The summed E-state index contributed by atoms with van der Waals surface area (Å²) in [5, 5.41) is 0. The highest BCUT2D eigenvalue weighted by Gasteiger charge is 2.21. The zero-order chi connectivity index (χ0) is 19.8. The molecule has 0 aliphatic carbocycles. The monoisotopic (exact) mass is 361 g/mol. The standard InChI is InChI=1S/C26H35N/c1-7-13-20(5)26(24-17-16-22(9-3)23(10-4)18-24)27(6)19-25-15-12-11-14-21(25)8-2/h8,11-12,14-18,26H,2,5,7,9-10,13,19H2,1,3-4,6H3. The van der Waals surface area contributed by atoms with Gasteiger partial charge in [-0.1, -0.05) is 94.5 Å². The second-order valence-corrected chi connectivity index (χ2v) is 7.36. The predicted octanol–water partition coefficient (Wildman–Crippen LogP) is 6.98. The normalized spacial score (nSPS) is 12.2. The molecule has 0 radical (unpaired) electrons. The van der Waals surface area contributed by atoms with Gasteiger partial charge >= 0.3 is 0 Å². The molecule has 0 fully saturated rings. The molecular formula is C26H35N. The minimum atomic E-state index is 0.235. The molecule has 0 amide bonds. The van der Waals surface area contributed by atoms with E-state index in [-0.39, 0.29) is 6.04 Å². The Kier molecular flexibility index (Phi) is 8.06. The van der Waals surface area contributed by atoms with Crippen molar-refractivity contribution in [3.8, 4) is 0 Å². The van der Waals surface area contributed by atoms with Gasteiger partial charge in [0.15, 0.2) is 0 Å². The highest BCUT2D eigenvalue weighted by atomic mass is 15.1. The SMILES string of the molecule is C=Cc1ccccc1CN(C)C(C(=C)CCC)c1ccc(CC)c(CC)c1. The smallest absolute Gasteiger partial charge is 0.0559 e. The number of nitrogens with zero attached hydrogens (tertiary/aromatic N) is 1. The average molecular weight is 362 g/mol. The lowest BCUT2D eigenvalue weighted by atomic mass is 9.91. The Labute approximate surface area is 166 Å². The van der Waals surface area contributed by atoms with Gasteiger partial charge in [0.2, 0.25) is 0 Å². The molecule has 0 aromatic heterocycles. The second kappa shape index (κ2) is 10.3. The first-order valence-electron chi connectivity index (χ1n) is 10.3. The summed E-state index contributed by atoms with van der Waals surface area (Å²) in [4.78, 5) is 2.43. The van der Waals surface area contributed by atoms with E-state index in [4.69, 9.17) is 0 Å². The lowest BCUT2D eigenvalue weighted by Crippen LogP contribution is -2.26. The van der Waals surface area contributed by atoms with Gasteiger partial charge in [-0.2, -0.15) is 0 Å². The topological polar surface area (TPSA) is 3.24 Å². The molecule has 2 rings (SSSR count). The summed E-state index contributed by atoms with van der Waals surface area (Å²) in [5.74, 6) is 0. The number of benzene rings is 2. The van der Waals surface area contributed by atoms with E-state index < -0.39 is 0 Å². The molecule has 0 saturated heterocycles. The third kappa shape index (κ3) is 5.20. The van der Waals surface area contributed by atoms with Crippen LogP contribution in [-0.4, -0.2) is 11.9 Å². The van der Waals surface area contributed by atoms with Crippen LogP contribution in [0.3, 0.4) is 0 Å². The summed E-state index contributed by atoms with van der Waals surface area (Å²) < 4.78 is 0. The quantitative estimate of drug-likeness (QED) is 0.412. The fourth-order valence-electron chi connectivity index (χ4n) is 3.99. The molecule has 0 bridgehead atoms. The molecule has 0 aliphatic rings. The van der Waals surface area contributed by atoms with Crippen LogP contribution in [0.2, 0.25) is 0 Å². The van der Waals surface area contributed by atoms with Crippen LogP contribution in [0.5, 0.6) is 0 Å². The summed E-state index contributed by atoms with van der Waals surface area (Å²) >= 11 is 0. The highest BCUT2D eigenvalue weighted by molar-refractivity contribution is 5.51. The van der Waals surface area contributed by atoms with Gasteiger partial charge in [-0.3, -0.25) is 4.90 Å². The summed E-state index contributed by atoms with van der Waals surface area (Å²) in [6, 6.07) is 15.8. The molecule has 1 unspecified atom stereocenters. The van der Waals surface area contributed by atoms with Crippen molar-refractivity contribution in [3.05, 3.63) is 89.0 Å². The maximum atomic E-state index is 4.46. The van der Waals surface area contributed by atoms with Crippen LogP contribution in [0.4, 0.5) is 0 Å². The van der Waals surface area contributed by atoms with E-state index in [1.807, 2.05) is 6.08 Å². The number of aryl methyl sites for hydroxylation is 2. The van der Waals surface area contributed by atoms with E-state index in [0.29, 0.717) is 0 Å². The van der Waals surface area contributed by atoms with E-state index in [2.05, 4.69) is 88.3 Å². The first kappa shape index (κ1) is 21.2. The van der Waals surface area contributed by atoms with Crippen LogP contribution in [0.1, 0.15) is 67.5 Å². The van der Waals surface area contributed by atoms with Crippen LogP contribution in [0.25, 0.3) is 6.08 Å². The van der Waals surface area contributed by atoms with Gasteiger partial charge in [0, 0.05) is 6.54 Å². The lowest BCUT2D eigenvalue weighted by molar-refractivity contribution is 0.262. The minimum Gasteiger partial charge on any atom is -0.291 e. The van der Waals surface area contributed by atoms with E-state index >= 15 is 0 Å². The number of rotatable bonds is 10. The van der Waals surface area contributed by atoms with Crippen molar-refractivity contribution in [2.24, 2.45) is 0 Å². The first-order chi connectivity index (χ1) is 13.0. The summed E-state index contributed by atoms with van der Waals surface area (Å²) in [6.45, 7) is 16.0. The molecule has 1 atom stereocenters. The Morgan fingerprint density at radius 3 is 2.33 bits per heavy atom. The van der Waals surface area contributed by atoms with Crippen LogP contribution in [0, 0.1) is 0 Å². The fourth-order valence-corrected chi connectivity index (χ4v) is 3.99. The number of hydrogen-bond acceptors (Lipinski definition) is 1. The predicted molar refractivity (Wildman–Crippen MR) is 120 cm³/mol. The lowest BCUT2D eigenvalue weighted by Gasteiger charge is -2.31. The summed E-state index contributed by atoms with van der Waals surface area (Å²) in [6.07, 6.45) is 6.29. The zero-order valence-corrected chi connectivity index (χ0v) is 17.6. The largest absolute Gasteiger partial charge is 0.291 e. The van der Waals surface area contributed by atoms with Crippen molar-refractivity contribution in [2.75, 3.05) is 7.05 Å². The number of hydrogen-bond donors (Lipinski definition) is 0. The molecule has 2 aromatic rings. The molecule has 144 valence electrons. The zero-order valence-electron chi connectivity index (χ0n) is 17.6. The molecule has 0 aliphatic heterocycles. The van der Waals surface area contributed by atoms with E-state index in [9.17, 15) is 0 Å². The molecule has 1 heteroatoms. The maximum Gasteiger partial charge on any atom is 0.0559 e. The molecule has 0 saturated carbocycles. The molecule has 0 spiro atoms. The summed E-state index contributed by atoms with van der Waals surface area (Å²) in [5.41, 5.74) is 8.10. The van der Waals surface area contributed by atoms with Gasteiger partial charge < -0.3 is 0 Å². The van der Waals surface area contributed by atoms with E-state index in [0.717, 1.165) is 32.2 Å². The van der Waals surface area contributed by atoms with Gasteiger partial charge in [-0.15, -0.1) is 0 Å². The fraction of sp³-hybridized carbons (Fsp3) is 0.385.